The molecule has 7 heteroatoms. The van der Waals surface area contributed by atoms with Gasteiger partial charge in [-0.3, -0.25) is 10.1 Å². The summed E-state index contributed by atoms with van der Waals surface area (Å²) in [6, 6.07) is 4.14. The van der Waals surface area contributed by atoms with Gasteiger partial charge < -0.3 is 5.32 Å². The average Bonchev–Trinajstić information content (AvgIpc) is 2.89. The molecule has 2 aromatic heterocycles. The monoisotopic (exact) mass is 278 g/mol. The lowest BCUT2D eigenvalue weighted by atomic mass is 10.0. The lowest BCUT2D eigenvalue weighted by Crippen LogP contribution is -2.17. The van der Waals surface area contributed by atoms with E-state index < -0.39 is 4.92 Å². The molecule has 0 amide bonds. The number of rotatable bonds is 5. The summed E-state index contributed by atoms with van der Waals surface area (Å²) < 4.78 is 0. The molecule has 2 heterocycles. The molecule has 0 bridgehead atoms. The van der Waals surface area contributed by atoms with Crippen molar-refractivity contribution in [2.45, 2.75) is 19.9 Å². The Hall–Kier alpha value is -2.02. The van der Waals surface area contributed by atoms with Gasteiger partial charge >= 0.3 is 5.69 Å². The first-order chi connectivity index (χ1) is 9.08. The third kappa shape index (κ3) is 3.25. The van der Waals surface area contributed by atoms with Crippen LogP contribution in [-0.4, -0.2) is 14.9 Å². The lowest BCUT2D eigenvalue weighted by Gasteiger charge is -2.20. The highest BCUT2D eigenvalue weighted by molar-refractivity contribution is 7.10. The van der Waals surface area contributed by atoms with Gasteiger partial charge in [0.05, 0.1) is 11.0 Å². The number of thiophene rings is 1. The Morgan fingerprint density at radius 2 is 2.05 bits per heavy atom. The quantitative estimate of drug-likeness (QED) is 0.670. The minimum atomic E-state index is -0.511. The first kappa shape index (κ1) is 13.4. The van der Waals surface area contributed by atoms with Crippen molar-refractivity contribution in [3.8, 4) is 0 Å². The van der Waals surface area contributed by atoms with E-state index in [1.165, 1.54) is 17.3 Å². The van der Waals surface area contributed by atoms with Gasteiger partial charge in [-0.05, 0) is 17.4 Å². The highest BCUT2D eigenvalue weighted by atomic mass is 32.1. The molecule has 0 radical (unpaired) electrons. The molecule has 100 valence electrons. The molecule has 0 fully saturated rings. The van der Waals surface area contributed by atoms with E-state index in [1.807, 2.05) is 17.5 Å². The molecule has 19 heavy (non-hydrogen) atoms. The molecule has 2 aromatic rings. The van der Waals surface area contributed by atoms with Crippen LogP contribution in [0.1, 0.15) is 24.8 Å². The van der Waals surface area contributed by atoms with Gasteiger partial charge in [-0.2, -0.15) is 0 Å². The van der Waals surface area contributed by atoms with E-state index in [-0.39, 0.29) is 11.7 Å². The van der Waals surface area contributed by atoms with Crippen molar-refractivity contribution < 1.29 is 4.92 Å². The van der Waals surface area contributed by atoms with Crippen LogP contribution in [0.3, 0.4) is 0 Å². The van der Waals surface area contributed by atoms with Crippen LogP contribution in [0.15, 0.2) is 29.9 Å². The second-order valence-corrected chi connectivity index (χ2v) is 5.38. The fraction of sp³-hybridized carbons (Fsp3) is 0.333. The van der Waals surface area contributed by atoms with Gasteiger partial charge in [0.15, 0.2) is 0 Å². The first-order valence-corrected chi connectivity index (χ1v) is 6.72. The standard InChI is InChI=1S/C12H14N4O2S/c1-8(2)11(10-4-3-5-19-10)15-12-13-6-9(7-14-12)16(17)18/h3-8,11H,1-2H3,(H,13,14,15). The maximum Gasteiger partial charge on any atom is 0.305 e. The summed E-state index contributed by atoms with van der Waals surface area (Å²) in [7, 11) is 0. The number of nitrogens with one attached hydrogen (secondary N) is 1. The summed E-state index contributed by atoms with van der Waals surface area (Å²) in [5.74, 6) is 0.759. The van der Waals surface area contributed by atoms with E-state index >= 15 is 0 Å². The molecule has 2 rings (SSSR count). The minimum Gasteiger partial charge on any atom is -0.346 e. The molecule has 1 unspecified atom stereocenters. The predicted molar refractivity (Wildman–Crippen MR) is 74.2 cm³/mol. The van der Waals surface area contributed by atoms with Crippen molar-refractivity contribution in [1.82, 2.24) is 9.97 Å². The number of nitrogens with zero attached hydrogens (tertiary/aromatic N) is 3. The summed E-state index contributed by atoms with van der Waals surface area (Å²) in [6.45, 7) is 4.20. The van der Waals surface area contributed by atoms with Crippen LogP contribution in [0.25, 0.3) is 0 Å². The van der Waals surface area contributed by atoms with Crippen molar-refractivity contribution >= 4 is 23.0 Å². The normalized spacial score (nSPS) is 12.4. The van der Waals surface area contributed by atoms with Crippen LogP contribution in [0.4, 0.5) is 11.6 Å². The smallest absolute Gasteiger partial charge is 0.305 e. The summed E-state index contributed by atoms with van der Waals surface area (Å²) >= 11 is 1.66. The summed E-state index contributed by atoms with van der Waals surface area (Å²) in [5, 5.41) is 15.8. The molecule has 0 saturated carbocycles. The maximum atomic E-state index is 10.5. The third-order valence-electron chi connectivity index (χ3n) is 2.65. The van der Waals surface area contributed by atoms with E-state index in [0.29, 0.717) is 11.9 Å². The highest BCUT2D eigenvalue weighted by Crippen LogP contribution is 2.28. The van der Waals surface area contributed by atoms with Crippen LogP contribution in [0, 0.1) is 16.0 Å². The van der Waals surface area contributed by atoms with Gasteiger partial charge in [0.2, 0.25) is 5.95 Å². The second-order valence-electron chi connectivity index (χ2n) is 4.40. The number of anilines is 1. The SMILES string of the molecule is CC(C)C(Nc1ncc([N+](=O)[O-])cn1)c1cccs1. The van der Waals surface area contributed by atoms with Gasteiger partial charge in [0.25, 0.3) is 0 Å². The Bertz CT molecular complexity index is 539. The molecule has 0 aromatic carbocycles. The largest absolute Gasteiger partial charge is 0.346 e. The highest BCUT2D eigenvalue weighted by Gasteiger charge is 2.18. The Morgan fingerprint density at radius 3 is 2.53 bits per heavy atom. The van der Waals surface area contributed by atoms with Crippen LogP contribution in [-0.2, 0) is 0 Å². The zero-order chi connectivity index (χ0) is 13.8. The molecule has 1 N–H and O–H groups in total. The Kier molecular flexibility index (Phi) is 4.06. The molecule has 0 aliphatic heterocycles. The van der Waals surface area contributed by atoms with E-state index in [0.717, 1.165) is 0 Å². The minimum absolute atomic E-state index is 0.0986. The topological polar surface area (TPSA) is 81.0 Å². The van der Waals surface area contributed by atoms with E-state index in [1.54, 1.807) is 11.3 Å². The van der Waals surface area contributed by atoms with E-state index in [9.17, 15) is 10.1 Å². The van der Waals surface area contributed by atoms with Gasteiger partial charge in [0.1, 0.15) is 12.4 Å². The molecular formula is C12H14N4O2S. The zero-order valence-electron chi connectivity index (χ0n) is 10.6. The second kappa shape index (κ2) is 5.75. The van der Waals surface area contributed by atoms with Crippen molar-refractivity contribution in [1.29, 1.82) is 0 Å². The fourth-order valence-electron chi connectivity index (χ4n) is 1.66. The molecule has 1 atom stereocenters. The van der Waals surface area contributed by atoms with Crippen molar-refractivity contribution in [2.75, 3.05) is 5.32 Å². The first-order valence-electron chi connectivity index (χ1n) is 5.84. The van der Waals surface area contributed by atoms with Gasteiger partial charge in [-0.15, -0.1) is 11.3 Å². The number of hydrogen-bond donors (Lipinski definition) is 1. The van der Waals surface area contributed by atoms with Gasteiger partial charge in [-0.1, -0.05) is 19.9 Å². The molecular weight excluding hydrogens is 264 g/mol. The van der Waals surface area contributed by atoms with Crippen LogP contribution in [0.2, 0.25) is 0 Å². The Balaban J connectivity index is 2.16. The van der Waals surface area contributed by atoms with Gasteiger partial charge in [-0.25, -0.2) is 9.97 Å². The Labute approximate surface area is 114 Å². The van der Waals surface area contributed by atoms with Crippen LogP contribution >= 0.6 is 11.3 Å². The summed E-state index contributed by atoms with van der Waals surface area (Å²) in [6.07, 6.45) is 2.42. The van der Waals surface area contributed by atoms with Gasteiger partial charge in [0, 0.05) is 4.88 Å². The molecule has 0 aliphatic rings. The third-order valence-corrected chi connectivity index (χ3v) is 3.61. The summed E-state index contributed by atoms with van der Waals surface area (Å²) in [4.78, 5) is 19.2. The number of aromatic nitrogens is 2. The van der Waals surface area contributed by atoms with Crippen molar-refractivity contribution in [3.63, 3.8) is 0 Å². The number of hydrogen-bond acceptors (Lipinski definition) is 6. The van der Waals surface area contributed by atoms with Crippen LogP contribution in [0.5, 0.6) is 0 Å². The molecule has 0 saturated heterocycles. The lowest BCUT2D eigenvalue weighted by molar-refractivity contribution is -0.385. The molecule has 6 nitrogen and oxygen atoms in total. The fourth-order valence-corrected chi connectivity index (χ4v) is 2.61. The van der Waals surface area contributed by atoms with Crippen molar-refractivity contribution in [3.05, 3.63) is 44.9 Å². The van der Waals surface area contributed by atoms with Crippen LogP contribution < -0.4 is 5.32 Å². The number of nitro groups is 1. The van der Waals surface area contributed by atoms with E-state index in [2.05, 4.69) is 29.1 Å². The van der Waals surface area contributed by atoms with E-state index in [4.69, 9.17) is 0 Å². The summed E-state index contributed by atoms with van der Waals surface area (Å²) in [5.41, 5.74) is -0.109. The predicted octanol–water partition coefficient (Wildman–Crippen LogP) is 3.26. The van der Waals surface area contributed by atoms with Crippen molar-refractivity contribution in [2.24, 2.45) is 5.92 Å². The average molecular weight is 278 g/mol. The Morgan fingerprint density at radius 1 is 1.37 bits per heavy atom. The zero-order valence-corrected chi connectivity index (χ0v) is 11.4. The molecule has 0 aliphatic carbocycles. The maximum absolute atomic E-state index is 10.5. The molecule has 0 spiro atoms.